The zero-order valence-corrected chi connectivity index (χ0v) is 16.4. The van der Waals surface area contributed by atoms with Crippen molar-refractivity contribution in [2.24, 2.45) is 7.05 Å². The summed E-state index contributed by atoms with van der Waals surface area (Å²) in [6.07, 6.45) is 5.64. The normalized spacial score (nSPS) is 17.0. The monoisotopic (exact) mass is 368 g/mol. The Kier molecular flexibility index (Phi) is 5.99. The van der Waals surface area contributed by atoms with Crippen molar-refractivity contribution in [2.75, 3.05) is 13.2 Å². The highest BCUT2D eigenvalue weighted by Gasteiger charge is 2.28. The first kappa shape index (κ1) is 19.2. The molecule has 2 heterocycles. The summed E-state index contributed by atoms with van der Waals surface area (Å²) in [6.45, 7) is 5.02. The molecule has 0 spiro atoms. The number of rotatable bonds is 5. The van der Waals surface area contributed by atoms with Crippen molar-refractivity contribution in [2.45, 2.75) is 45.6 Å². The molecule has 0 saturated carbocycles. The first-order valence-electron chi connectivity index (χ1n) is 9.64. The van der Waals surface area contributed by atoms with E-state index in [1.165, 1.54) is 0 Å². The molecule has 1 fully saturated rings. The maximum atomic E-state index is 12.9. The number of carbonyl (C=O) groups is 2. The summed E-state index contributed by atoms with van der Waals surface area (Å²) in [6, 6.07) is 9.53. The standard InChI is InChI=1S/C22H28N2O3/c1-16-8-6-10-19(17(16)2)22(26)27-15-12-18-9-4-5-14-24(18)21(25)20-11-7-13-23(20)3/h6-8,10-11,13,18H,4-5,9,12,14-15H2,1-3H3. The van der Waals surface area contributed by atoms with Crippen LogP contribution in [0.2, 0.25) is 0 Å². The van der Waals surface area contributed by atoms with Crippen LogP contribution in [-0.2, 0) is 11.8 Å². The predicted octanol–water partition coefficient (Wildman–Crippen LogP) is 3.88. The summed E-state index contributed by atoms with van der Waals surface area (Å²) in [5.74, 6) is -0.222. The van der Waals surface area contributed by atoms with Crippen LogP contribution in [0.5, 0.6) is 0 Å². The first-order chi connectivity index (χ1) is 13.0. The number of hydrogen-bond acceptors (Lipinski definition) is 3. The van der Waals surface area contributed by atoms with Crippen molar-refractivity contribution in [3.63, 3.8) is 0 Å². The van der Waals surface area contributed by atoms with Crippen LogP contribution in [0.15, 0.2) is 36.5 Å². The number of benzene rings is 1. The van der Waals surface area contributed by atoms with Crippen LogP contribution in [0.3, 0.4) is 0 Å². The molecule has 1 aromatic heterocycles. The van der Waals surface area contributed by atoms with Crippen molar-refractivity contribution in [3.8, 4) is 0 Å². The summed E-state index contributed by atoms with van der Waals surface area (Å²) >= 11 is 0. The minimum absolute atomic E-state index is 0.0630. The molecule has 27 heavy (non-hydrogen) atoms. The average molecular weight is 368 g/mol. The van der Waals surface area contributed by atoms with Crippen LogP contribution < -0.4 is 0 Å². The Hall–Kier alpha value is -2.56. The highest BCUT2D eigenvalue weighted by atomic mass is 16.5. The van der Waals surface area contributed by atoms with Crippen LogP contribution in [-0.4, -0.2) is 40.5 Å². The van der Waals surface area contributed by atoms with Crippen molar-refractivity contribution < 1.29 is 14.3 Å². The predicted molar refractivity (Wildman–Crippen MR) is 105 cm³/mol. The van der Waals surface area contributed by atoms with Gasteiger partial charge in [0.25, 0.3) is 5.91 Å². The Bertz CT molecular complexity index is 825. The molecule has 1 amide bonds. The van der Waals surface area contributed by atoms with Gasteiger partial charge in [-0.3, -0.25) is 4.79 Å². The molecule has 1 aromatic carbocycles. The molecule has 5 heteroatoms. The van der Waals surface area contributed by atoms with E-state index < -0.39 is 0 Å². The van der Waals surface area contributed by atoms with Crippen molar-refractivity contribution >= 4 is 11.9 Å². The number of nitrogens with zero attached hydrogens (tertiary/aromatic N) is 2. The lowest BCUT2D eigenvalue weighted by Crippen LogP contribution is -2.44. The molecule has 1 aliphatic rings. The number of amides is 1. The van der Waals surface area contributed by atoms with Crippen LogP contribution in [0, 0.1) is 13.8 Å². The van der Waals surface area contributed by atoms with Gasteiger partial charge >= 0.3 is 5.97 Å². The SMILES string of the molecule is Cc1cccc(C(=O)OCCC2CCCCN2C(=O)c2cccn2C)c1C. The van der Waals surface area contributed by atoms with E-state index in [1.807, 2.05) is 60.8 Å². The van der Waals surface area contributed by atoms with Gasteiger partial charge < -0.3 is 14.2 Å². The smallest absolute Gasteiger partial charge is 0.338 e. The maximum absolute atomic E-state index is 12.9. The molecule has 0 N–H and O–H groups in total. The summed E-state index contributed by atoms with van der Waals surface area (Å²) < 4.78 is 7.38. The maximum Gasteiger partial charge on any atom is 0.338 e. The minimum Gasteiger partial charge on any atom is -0.462 e. The number of carbonyl (C=O) groups excluding carboxylic acids is 2. The number of aryl methyl sites for hydroxylation is 2. The van der Waals surface area contributed by atoms with Crippen molar-refractivity contribution in [3.05, 3.63) is 58.9 Å². The van der Waals surface area contributed by atoms with Gasteiger partial charge in [0, 0.05) is 32.3 Å². The average Bonchev–Trinajstić information content (AvgIpc) is 3.09. The fraction of sp³-hybridized carbons (Fsp3) is 0.455. The summed E-state index contributed by atoms with van der Waals surface area (Å²) in [5, 5.41) is 0. The van der Waals surface area contributed by atoms with Gasteiger partial charge in [0.15, 0.2) is 0 Å². The zero-order chi connectivity index (χ0) is 19.4. The molecule has 0 bridgehead atoms. The van der Waals surface area contributed by atoms with E-state index in [0.717, 1.165) is 36.9 Å². The Morgan fingerprint density at radius 2 is 1.96 bits per heavy atom. The molecule has 3 rings (SSSR count). The third-order valence-electron chi connectivity index (χ3n) is 5.56. The van der Waals surface area contributed by atoms with Gasteiger partial charge in [-0.1, -0.05) is 12.1 Å². The molecule has 1 aliphatic heterocycles. The zero-order valence-electron chi connectivity index (χ0n) is 16.4. The Morgan fingerprint density at radius 3 is 2.70 bits per heavy atom. The molecule has 0 radical (unpaired) electrons. The molecule has 1 unspecified atom stereocenters. The largest absolute Gasteiger partial charge is 0.462 e. The van der Waals surface area contributed by atoms with Crippen LogP contribution in [0.25, 0.3) is 0 Å². The molecular formula is C22H28N2O3. The third kappa shape index (κ3) is 4.24. The molecule has 144 valence electrons. The summed E-state index contributed by atoms with van der Waals surface area (Å²) in [4.78, 5) is 27.2. The lowest BCUT2D eigenvalue weighted by Gasteiger charge is -2.35. The van der Waals surface area contributed by atoms with E-state index in [9.17, 15) is 9.59 Å². The summed E-state index contributed by atoms with van der Waals surface area (Å²) in [7, 11) is 1.89. The topological polar surface area (TPSA) is 51.5 Å². The van der Waals surface area contributed by atoms with Gasteiger partial charge in [0.2, 0.25) is 0 Å². The number of ether oxygens (including phenoxy) is 1. The van der Waals surface area contributed by atoms with Gasteiger partial charge in [0.1, 0.15) is 5.69 Å². The Labute approximate surface area is 160 Å². The molecule has 0 aliphatic carbocycles. The minimum atomic E-state index is -0.285. The Morgan fingerprint density at radius 1 is 1.15 bits per heavy atom. The van der Waals surface area contributed by atoms with E-state index in [-0.39, 0.29) is 17.9 Å². The van der Waals surface area contributed by atoms with Gasteiger partial charge in [0.05, 0.1) is 12.2 Å². The van der Waals surface area contributed by atoms with Gasteiger partial charge in [-0.25, -0.2) is 4.79 Å². The van der Waals surface area contributed by atoms with Crippen molar-refractivity contribution in [1.29, 1.82) is 0 Å². The second-order valence-corrected chi connectivity index (χ2v) is 7.32. The third-order valence-corrected chi connectivity index (χ3v) is 5.56. The molecule has 2 aromatic rings. The number of piperidine rings is 1. The fourth-order valence-corrected chi connectivity index (χ4v) is 3.74. The lowest BCUT2D eigenvalue weighted by atomic mass is 9.99. The van der Waals surface area contributed by atoms with E-state index in [4.69, 9.17) is 4.74 Å². The fourth-order valence-electron chi connectivity index (χ4n) is 3.74. The van der Waals surface area contributed by atoms with Crippen LogP contribution >= 0.6 is 0 Å². The molecular weight excluding hydrogens is 340 g/mol. The van der Waals surface area contributed by atoms with Crippen LogP contribution in [0.1, 0.15) is 57.7 Å². The lowest BCUT2D eigenvalue weighted by molar-refractivity contribution is 0.0405. The number of likely N-dealkylation sites (tertiary alicyclic amines) is 1. The number of hydrogen-bond donors (Lipinski definition) is 0. The van der Waals surface area contributed by atoms with Crippen molar-refractivity contribution in [1.82, 2.24) is 9.47 Å². The molecule has 1 atom stereocenters. The van der Waals surface area contributed by atoms with Gasteiger partial charge in [-0.15, -0.1) is 0 Å². The van der Waals surface area contributed by atoms with Gasteiger partial charge in [-0.05, 0) is 62.4 Å². The molecule has 5 nitrogen and oxygen atoms in total. The first-order valence-corrected chi connectivity index (χ1v) is 9.64. The van der Waals surface area contributed by atoms with E-state index in [0.29, 0.717) is 24.3 Å². The Balaban J connectivity index is 1.60. The number of esters is 1. The second-order valence-electron chi connectivity index (χ2n) is 7.32. The highest BCUT2D eigenvalue weighted by molar-refractivity contribution is 5.93. The highest BCUT2D eigenvalue weighted by Crippen LogP contribution is 2.22. The van der Waals surface area contributed by atoms with E-state index >= 15 is 0 Å². The second kappa shape index (κ2) is 8.42. The molecule has 1 saturated heterocycles. The van der Waals surface area contributed by atoms with Crippen LogP contribution in [0.4, 0.5) is 0 Å². The number of aromatic nitrogens is 1. The van der Waals surface area contributed by atoms with Gasteiger partial charge in [-0.2, -0.15) is 0 Å². The van der Waals surface area contributed by atoms with E-state index in [2.05, 4.69) is 0 Å². The summed E-state index contributed by atoms with van der Waals surface area (Å²) in [5.41, 5.74) is 3.36. The quantitative estimate of drug-likeness (QED) is 0.753. The van der Waals surface area contributed by atoms with E-state index in [1.54, 1.807) is 6.07 Å².